The fraction of sp³-hybridized carbons (Fsp3) is 0. The first kappa shape index (κ1) is 9.73. The summed E-state index contributed by atoms with van der Waals surface area (Å²) in [5, 5.41) is 8.31. The maximum atomic E-state index is 11.1. The van der Waals surface area contributed by atoms with Crippen LogP contribution in [0.2, 0.25) is 0 Å². The molecule has 5 heteroatoms. The second kappa shape index (κ2) is 4.04. The fourth-order valence-corrected chi connectivity index (χ4v) is 1.05. The molecule has 0 aromatic carbocycles. The van der Waals surface area contributed by atoms with Crippen molar-refractivity contribution in [2.45, 2.75) is 0 Å². The van der Waals surface area contributed by atoms with Gasteiger partial charge in [0.15, 0.2) is 0 Å². The number of hydrogen-bond donors (Lipinski definition) is 1. The van der Waals surface area contributed by atoms with Crippen LogP contribution in [0.15, 0.2) is 33.7 Å². The number of aromatic nitrogens is 1. The summed E-state index contributed by atoms with van der Waals surface area (Å²) in [6, 6.07) is 3.00. The summed E-state index contributed by atoms with van der Waals surface area (Å²) >= 11 is 3.12. The van der Waals surface area contributed by atoms with E-state index in [1.54, 1.807) is 6.07 Å². The van der Waals surface area contributed by atoms with Gasteiger partial charge in [-0.3, -0.25) is 9.36 Å². The molecule has 4 nitrogen and oxygen atoms in total. The standard InChI is InChI=1S/C8H6BrNO3/c9-6-1-3-10(7(11)5-6)4-2-8(12)13/h1-5H,(H,12,13)/b4-2+. The third kappa shape index (κ3) is 2.87. The van der Waals surface area contributed by atoms with Crippen molar-refractivity contribution >= 4 is 28.1 Å². The minimum atomic E-state index is -1.09. The molecule has 1 rings (SSSR count). The number of aliphatic carboxylic acids is 1. The molecule has 0 radical (unpaired) electrons. The smallest absolute Gasteiger partial charge is 0.329 e. The highest BCUT2D eigenvalue weighted by Crippen LogP contribution is 2.03. The van der Waals surface area contributed by atoms with Crippen molar-refractivity contribution in [2.24, 2.45) is 0 Å². The Morgan fingerprint density at radius 2 is 2.31 bits per heavy atom. The van der Waals surface area contributed by atoms with Crippen LogP contribution in [0.3, 0.4) is 0 Å². The van der Waals surface area contributed by atoms with Gasteiger partial charge in [-0.2, -0.15) is 0 Å². The Morgan fingerprint density at radius 3 is 2.85 bits per heavy atom. The van der Waals surface area contributed by atoms with Crippen LogP contribution in [0, 0.1) is 0 Å². The summed E-state index contributed by atoms with van der Waals surface area (Å²) in [5.74, 6) is -1.09. The average Bonchev–Trinajstić information content (AvgIpc) is 2.02. The van der Waals surface area contributed by atoms with E-state index < -0.39 is 5.97 Å². The molecule has 0 aliphatic rings. The number of nitrogens with zero attached hydrogens (tertiary/aromatic N) is 1. The van der Waals surface area contributed by atoms with Gasteiger partial charge in [-0.25, -0.2) is 4.79 Å². The topological polar surface area (TPSA) is 59.3 Å². The van der Waals surface area contributed by atoms with Crippen molar-refractivity contribution in [2.75, 3.05) is 0 Å². The summed E-state index contributed by atoms with van der Waals surface area (Å²) < 4.78 is 1.84. The van der Waals surface area contributed by atoms with Gasteiger partial charge in [-0.15, -0.1) is 0 Å². The molecule has 1 aromatic heterocycles. The van der Waals surface area contributed by atoms with Gasteiger partial charge in [0.25, 0.3) is 5.56 Å². The summed E-state index contributed by atoms with van der Waals surface area (Å²) in [6.07, 6.45) is 3.57. The highest BCUT2D eigenvalue weighted by molar-refractivity contribution is 9.10. The lowest BCUT2D eigenvalue weighted by Gasteiger charge is -1.95. The molecule has 1 aromatic rings. The summed E-state index contributed by atoms with van der Waals surface area (Å²) in [7, 11) is 0. The van der Waals surface area contributed by atoms with E-state index in [-0.39, 0.29) is 5.56 Å². The van der Waals surface area contributed by atoms with Gasteiger partial charge in [0, 0.05) is 29.0 Å². The minimum Gasteiger partial charge on any atom is -0.478 e. The Morgan fingerprint density at radius 1 is 1.62 bits per heavy atom. The highest BCUT2D eigenvalue weighted by atomic mass is 79.9. The van der Waals surface area contributed by atoms with E-state index in [1.807, 2.05) is 0 Å². The van der Waals surface area contributed by atoms with Gasteiger partial charge >= 0.3 is 5.97 Å². The molecule has 0 aliphatic carbocycles. The Kier molecular flexibility index (Phi) is 3.02. The third-order valence-electron chi connectivity index (χ3n) is 1.29. The molecule has 0 unspecified atom stereocenters. The monoisotopic (exact) mass is 243 g/mol. The zero-order valence-electron chi connectivity index (χ0n) is 6.48. The molecular weight excluding hydrogens is 238 g/mol. The van der Waals surface area contributed by atoms with Gasteiger partial charge < -0.3 is 5.11 Å². The molecule has 13 heavy (non-hydrogen) atoms. The van der Waals surface area contributed by atoms with Gasteiger partial charge in [0.1, 0.15) is 0 Å². The maximum absolute atomic E-state index is 11.1. The van der Waals surface area contributed by atoms with Crippen LogP contribution < -0.4 is 5.56 Å². The molecule has 0 saturated carbocycles. The van der Waals surface area contributed by atoms with Gasteiger partial charge in [0.2, 0.25) is 0 Å². The minimum absolute atomic E-state index is 0.285. The zero-order chi connectivity index (χ0) is 9.84. The predicted molar refractivity (Wildman–Crippen MR) is 51.4 cm³/mol. The number of rotatable bonds is 2. The van der Waals surface area contributed by atoms with E-state index in [0.717, 1.165) is 6.08 Å². The van der Waals surface area contributed by atoms with Crippen LogP contribution in [0.5, 0.6) is 0 Å². The first-order chi connectivity index (χ1) is 6.09. The van der Waals surface area contributed by atoms with Crippen LogP contribution >= 0.6 is 15.9 Å². The highest BCUT2D eigenvalue weighted by Gasteiger charge is 1.93. The normalized spacial score (nSPS) is 10.5. The van der Waals surface area contributed by atoms with Gasteiger partial charge in [-0.05, 0) is 6.07 Å². The molecular formula is C8H6BrNO3. The van der Waals surface area contributed by atoms with Crippen LogP contribution in [-0.4, -0.2) is 15.6 Å². The van der Waals surface area contributed by atoms with Crippen LogP contribution in [-0.2, 0) is 4.79 Å². The molecule has 0 amide bonds. The predicted octanol–water partition coefficient (Wildman–Crippen LogP) is 1.17. The molecule has 1 heterocycles. The van der Waals surface area contributed by atoms with Crippen LogP contribution in [0.4, 0.5) is 0 Å². The van der Waals surface area contributed by atoms with E-state index in [9.17, 15) is 9.59 Å². The zero-order valence-corrected chi connectivity index (χ0v) is 8.06. The van der Waals surface area contributed by atoms with E-state index in [2.05, 4.69) is 15.9 Å². The van der Waals surface area contributed by atoms with Gasteiger partial charge in [0.05, 0.1) is 0 Å². The Labute approximate surface area is 82.3 Å². The number of halogens is 1. The first-order valence-electron chi connectivity index (χ1n) is 3.38. The van der Waals surface area contributed by atoms with Crippen LogP contribution in [0.25, 0.3) is 6.20 Å². The van der Waals surface area contributed by atoms with Gasteiger partial charge in [-0.1, -0.05) is 15.9 Å². The second-order valence-corrected chi connectivity index (χ2v) is 3.16. The van der Waals surface area contributed by atoms with Crippen molar-refractivity contribution in [3.63, 3.8) is 0 Å². The Hall–Kier alpha value is -1.36. The lowest BCUT2D eigenvalue weighted by Crippen LogP contribution is -2.13. The number of carbonyl (C=O) groups is 1. The lowest BCUT2D eigenvalue weighted by atomic mass is 10.5. The van der Waals surface area contributed by atoms with E-state index >= 15 is 0 Å². The molecule has 68 valence electrons. The molecule has 0 atom stereocenters. The van der Waals surface area contributed by atoms with Crippen molar-refractivity contribution in [3.8, 4) is 0 Å². The molecule has 0 spiro atoms. The van der Waals surface area contributed by atoms with E-state index in [4.69, 9.17) is 5.11 Å². The Bertz CT molecular complexity index is 408. The molecule has 0 bridgehead atoms. The lowest BCUT2D eigenvalue weighted by molar-refractivity contribution is -0.131. The molecule has 0 fully saturated rings. The maximum Gasteiger partial charge on any atom is 0.329 e. The SMILES string of the molecule is O=C(O)/C=C/n1ccc(Br)cc1=O. The van der Waals surface area contributed by atoms with E-state index in [0.29, 0.717) is 4.47 Å². The number of hydrogen-bond acceptors (Lipinski definition) is 2. The van der Waals surface area contributed by atoms with Crippen molar-refractivity contribution in [1.29, 1.82) is 0 Å². The van der Waals surface area contributed by atoms with E-state index in [1.165, 1.54) is 23.0 Å². The van der Waals surface area contributed by atoms with Crippen LogP contribution in [0.1, 0.15) is 0 Å². The summed E-state index contributed by atoms with van der Waals surface area (Å²) in [5.41, 5.74) is -0.285. The van der Waals surface area contributed by atoms with Crippen molar-refractivity contribution in [3.05, 3.63) is 39.2 Å². The summed E-state index contributed by atoms with van der Waals surface area (Å²) in [6.45, 7) is 0. The fourth-order valence-electron chi connectivity index (χ4n) is 0.733. The number of carboxylic acids is 1. The molecule has 0 aliphatic heterocycles. The number of carboxylic acid groups (broad SMARTS) is 1. The second-order valence-electron chi connectivity index (χ2n) is 2.24. The quantitative estimate of drug-likeness (QED) is 0.794. The summed E-state index contributed by atoms with van der Waals surface area (Å²) in [4.78, 5) is 21.3. The van der Waals surface area contributed by atoms with Crippen molar-refractivity contribution in [1.82, 2.24) is 4.57 Å². The largest absolute Gasteiger partial charge is 0.478 e. The first-order valence-corrected chi connectivity index (χ1v) is 4.18. The Balaban J connectivity index is 3.04. The average molecular weight is 244 g/mol. The molecule has 1 N–H and O–H groups in total. The third-order valence-corrected chi connectivity index (χ3v) is 1.78. The number of pyridine rings is 1. The van der Waals surface area contributed by atoms with Crippen molar-refractivity contribution < 1.29 is 9.90 Å². The molecule has 0 saturated heterocycles.